The molecule has 1 aromatic carbocycles. The lowest BCUT2D eigenvalue weighted by Crippen LogP contribution is -2.43. The van der Waals surface area contributed by atoms with E-state index >= 15 is 0 Å². The van der Waals surface area contributed by atoms with Crippen molar-refractivity contribution in [3.63, 3.8) is 0 Å². The number of carbonyl (C=O) groups is 2. The minimum Gasteiger partial charge on any atom is -0.475 e. The molecule has 216 valence electrons. The maximum atomic E-state index is 10.6. The average molecular weight is 566 g/mol. The molecule has 2 aliphatic rings. The van der Waals surface area contributed by atoms with Crippen molar-refractivity contribution in [3.8, 4) is 0 Å². The Morgan fingerprint density at radius 2 is 1.49 bits per heavy atom. The van der Waals surface area contributed by atoms with Gasteiger partial charge in [-0.1, -0.05) is 36.4 Å². The Bertz CT molecular complexity index is 1000. The number of hydrogen-bond acceptors (Lipinski definition) is 6. The number of ether oxygens (including phenoxy) is 2. The molecule has 4 rings (SSSR count). The number of carboxylic acids is 2. The number of halogens is 6. The Morgan fingerprint density at radius 1 is 0.949 bits per heavy atom. The first-order valence-corrected chi connectivity index (χ1v) is 11.7. The number of carboxylic acid groups (broad SMARTS) is 2. The Balaban J connectivity index is 0.000000317. The monoisotopic (exact) mass is 566 g/mol. The molecule has 3 heterocycles. The van der Waals surface area contributed by atoms with Gasteiger partial charge in [0, 0.05) is 38.4 Å². The first kappa shape index (κ1) is 32.0. The van der Waals surface area contributed by atoms with E-state index in [1.54, 1.807) is 6.20 Å². The molecule has 2 aromatic rings. The van der Waals surface area contributed by atoms with E-state index in [9.17, 15) is 26.3 Å². The van der Waals surface area contributed by atoms with Crippen LogP contribution < -0.4 is 0 Å². The molecule has 2 saturated heterocycles. The molecular weight excluding hydrogens is 538 g/mol. The van der Waals surface area contributed by atoms with E-state index in [2.05, 4.69) is 46.3 Å². The maximum absolute atomic E-state index is 10.6. The Labute approximate surface area is 220 Å². The van der Waals surface area contributed by atoms with Crippen LogP contribution in [0.1, 0.15) is 30.4 Å². The van der Waals surface area contributed by atoms with Crippen LogP contribution in [0.4, 0.5) is 26.3 Å². The smallest absolute Gasteiger partial charge is 0.475 e. The summed E-state index contributed by atoms with van der Waals surface area (Å²) in [6.07, 6.45) is -3.07. The molecule has 39 heavy (non-hydrogen) atoms. The third kappa shape index (κ3) is 11.6. The highest BCUT2D eigenvalue weighted by Crippen LogP contribution is 2.37. The van der Waals surface area contributed by atoms with Gasteiger partial charge in [0.05, 0.1) is 24.9 Å². The van der Waals surface area contributed by atoms with Gasteiger partial charge in [0.15, 0.2) is 0 Å². The summed E-state index contributed by atoms with van der Waals surface area (Å²) in [7, 11) is 0. The van der Waals surface area contributed by atoms with Crippen molar-refractivity contribution in [3.05, 3.63) is 66.0 Å². The van der Waals surface area contributed by atoms with Gasteiger partial charge in [-0.25, -0.2) is 9.59 Å². The molecule has 0 radical (unpaired) electrons. The van der Waals surface area contributed by atoms with Crippen molar-refractivity contribution in [2.24, 2.45) is 0 Å². The molecule has 14 heteroatoms. The van der Waals surface area contributed by atoms with E-state index in [0.717, 1.165) is 51.1 Å². The van der Waals surface area contributed by atoms with Crippen molar-refractivity contribution in [1.82, 2.24) is 9.88 Å². The molecule has 1 atom stereocenters. The zero-order chi connectivity index (χ0) is 29.1. The fourth-order valence-electron chi connectivity index (χ4n) is 3.92. The number of benzene rings is 1. The summed E-state index contributed by atoms with van der Waals surface area (Å²) in [5.74, 6) is -5.51. The first-order chi connectivity index (χ1) is 18.2. The van der Waals surface area contributed by atoms with Crippen molar-refractivity contribution >= 4 is 11.9 Å². The highest BCUT2D eigenvalue weighted by molar-refractivity contribution is 5.73. The van der Waals surface area contributed by atoms with Crippen molar-refractivity contribution in [1.29, 1.82) is 0 Å². The van der Waals surface area contributed by atoms with Crippen LogP contribution in [0.15, 0.2) is 54.9 Å². The Hall–Kier alpha value is -3.23. The van der Waals surface area contributed by atoms with Crippen LogP contribution >= 0.6 is 0 Å². The second-order valence-corrected chi connectivity index (χ2v) is 8.86. The third-order valence-corrected chi connectivity index (χ3v) is 5.88. The van der Waals surface area contributed by atoms with Gasteiger partial charge in [-0.3, -0.25) is 9.88 Å². The van der Waals surface area contributed by atoms with Gasteiger partial charge in [0.2, 0.25) is 0 Å². The molecule has 1 aromatic heterocycles. The SMILES string of the molecule is O=C(O)C(F)(F)F.O=C(O)C(F)(F)F.c1ccc(CN2CCC3(CC2)CC(OCc2cccnc2)CO3)cc1. The van der Waals surface area contributed by atoms with Gasteiger partial charge in [-0.15, -0.1) is 0 Å². The van der Waals surface area contributed by atoms with E-state index in [1.165, 1.54) is 5.56 Å². The van der Waals surface area contributed by atoms with Gasteiger partial charge in [0.25, 0.3) is 0 Å². The first-order valence-electron chi connectivity index (χ1n) is 11.7. The largest absolute Gasteiger partial charge is 0.490 e. The fraction of sp³-hybridized carbons (Fsp3) is 0.480. The van der Waals surface area contributed by atoms with E-state index in [4.69, 9.17) is 29.3 Å². The minimum absolute atomic E-state index is 0.0345. The van der Waals surface area contributed by atoms with Crippen LogP contribution in [-0.2, 0) is 32.2 Å². The minimum atomic E-state index is -5.08. The van der Waals surface area contributed by atoms with Crippen LogP contribution in [0.3, 0.4) is 0 Å². The van der Waals surface area contributed by atoms with Gasteiger partial charge in [-0.05, 0) is 30.0 Å². The number of rotatable bonds is 5. The van der Waals surface area contributed by atoms with Gasteiger partial charge in [0.1, 0.15) is 0 Å². The zero-order valence-electron chi connectivity index (χ0n) is 20.6. The van der Waals surface area contributed by atoms with Crippen molar-refractivity contribution in [2.45, 2.75) is 56.5 Å². The van der Waals surface area contributed by atoms with Crippen LogP contribution in [-0.4, -0.2) is 75.8 Å². The van der Waals surface area contributed by atoms with E-state index in [-0.39, 0.29) is 11.7 Å². The molecule has 0 aliphatic carbocycles. The molecule has 2 fully saturated rings. The molecule has 0 saturated carbocycles. The number of aromatic nitrogens is 1. The molecule has 2 aliphatic heterocycles. The van der Waals surface area contributed by atoms with Crippen LogP contribution in [0.25, 0.3) is 0 Å². The van der Waals surface area contributed by atoms with Crippen molar-refractivity contribution in [2.75, 3.05) is 19.7 Å². The second-order valence-electron chi connectivity index (χ2n) is 8.86. The lowest BCUT2D eigenvalue weighted by atomic mass is 9.88. The number of aliphatic carboxylic acids is 2. The van der Waals surface area contributed by atoms with Gasteiger partial charge < -0.3 is 19.7 Å². The molecule has 8 nitrogen and oxygen atoms in total. The number of pyridine rings is 1. The quantitative estimate of drug-likeness (QED) is 0.502. The fourth-order valence-corrected chi connectivity index (χ4v) is 3.92. The van der Waals surface area contributed by atoms with E-state index in [0.29, 0.717) is 6.61 Å². The number of hydrogen-bond donors (Lipinski definition) is 2. The van der Waals surface area contributed by atoms with Gasteiger partial charge >= 0.3 is 24.3 Å². The maximum Gasteiger partial charge on any atom is 0.490 e. The number of piperidine rings is 1. The van der Waals surface area contributed by atoms with Crippen LogP contribution in [0.2, 0.25) is 0 Å². The molecule has 1 spiro atoms. The topological polar surface area (TPSA) is 109 Å². The predicted octanol–water partition coefficient (Wildman–Crippen LogP) is 4.69. The number of nitrogens with zero attached hydrogens (tertiary/aromatic N) is 2. The average Bonchev–Trinajstić information content (AvgIpc) is 3.28. The summed E-state index contributed by atoms with van der Waals surface area (Å²) in [5.41, 5.74) is 2.55. The predicted molar refractivity (Wildman–Crippen MR) is 124 cm³/mol. The summed E-state index contributed by atoms with van der Waals surface area (Å²) in [6.45, 7) is 4.59. The third-order valence-electron chi connectivity index (χ3n) is 5.88. The highest BCUT2D eigenvalue weighted by atomic mass is 19.4. The summed E-state index contributed by atoms with van der Waals surface area (Å²) >= 11 is 0. The Kier molecular flexibility index (Phi) is 11.7. The normalized spacial score (nSPS) is 18.9. The number of alkyl halides is 6. The van der Waals surface area contributed by atoms with Crippen molar-refractivity contribution < 1.29 is 55.6 Å². The van der Waals surface area contributed by atoms with Crippen LogP contribution in [0, 0.1) is 0 Å². The van der Waals surface area contributed by atoms with E-state index in [1.807, 2.05) is 12.3 Å². The molecule has 2 N–H and O–H groups in total. The molecule has 1 unspecified atom stereocenters. The van der Waals surface area contributed by atoms with Gasteiger partial charge in [-0.2, -0.15) is 26.3 Å². The molecular formula is C25H28F6N2O6. The summed E-state index contributed by atoms with van der Waals surface area (Å²) in [4.78, 5) is 24.5. The number of likely N-dealkylation sites (tertiary alicyclic amines) is 1. The van der Waals surface area contributed by atoms with E-state index < -0.39 is 24.3 Å². The standard InChI is InChI=1S/C21H26N2O2.2C2HF3O2/c1-2-5-18(6-3-1)15-23-11-8-21(9-12-23)13-20(17-25-21)24-16-19-7-4-10-22-14-19;2*3-2(4,5)1(6)7/h1-7,10,14,20H,8-9,11-13,15-17H2;2*(H,6,7). The lowest BCUT2D eigenvalue weighted by molar-refractivity contribution is -0.193. The zero-order valence-corrected chi connectivity index (χ0v) is 20.6. The molecule has 0 amide bonds. The Morgan fingerprint density at radius 3 is 1.97 bits per heavy atom. The summed E-state index contributed by atoms with van der Waals surface area (Å²) in [5, 5.41) is 14.2. The molecule has 0 bridgehead atoms. The van der Waals surface area contributed by atoms with Crippen LogP contribution in [0.5, 0.6) is 0 Å². The summed E-state index contributed by atoms with van der Waals surface area (Å²) in [6, 6.07) is 14.7. The lowest BCUT2D eigenvalue weighted by Gasteiger charge is -2.38. The second kappa shape index (κ2) is 14.2. The summed E-state index contributed by atoms with van der Waals surface area (Å²) < 4.78 is 75.7. The highest BCUT2D eigenvalue weighted by Gasteiger charge is 2.43.